The lowest BCUT2D eigenvalue weighted by atomic mass is 9.99. The molecule has 2 saturated heterocycles. The molecule has 2 aromatic carbocycles. The molecule has 49 heavy (non-hydrogen) atoms. The van der Waals surface area contributed by atoms with Gasteiger partial charge >= 0.3 is 23.3 Å². The molecule has 0 spiro atoms. The predicted octanol–water partition coefficient (Wildman–Crippen LogP) is -1.98. The Balaban J connectivity index is 1.46. The number of phenolic OH excluding ortho intramolecular Hbond substituents is 2. The third-order valence-electron chi connectivity index (χ3n) is 8.18. The summed E-state index contributed by atoms with van der Waals surface area (Å²) in [7, 11) is 0. The van der Waals surface area contributed by atoms with Crippen LogP contribution >= 0.6 is 0 Å². The minimum Gasteiger partial charge on any atom is -0.508 e. The van der Waals surface area contributed by atoms with E-state index in [1.165, 1.54) is 36.4 Å². The van der Waals surface area contributed by atoms with Crippen LogP contribution in [0, 0.1) is 0 Å². The SMILES string of the molecule is O=C1CC(O)C(=O)OCC2OC(Oc3cc(O)cc4[o+]c(-c5ccc(O)cc5)c(cc34)OC3OC(CO1)C(O)C(O)C3O)C(O)C(O)C2O. The fourth-order valence-electron chi connectivity index (χ4n) is 5.46. The van der Waals surface area contributed by atoms with Crippen molar-refractivity contribution in [1.29, 1.82) is 0 Å². The van der Waals surface area contributed by atoms with Crippen LogP contribution in [-0.2, 0) is 28.5 Å². The minimum absolute atomic E-state index is 0.0386. The van der Waals surface area contributed by atoms with E-state index in [-0.39, 0.29) is 34.0 Å². The highest BCUT2D eigenvalue weighted by molar-refractivity contribution is 5.89. The van der Waals surface area contributed by atoms with Gasteiger partial charge in [-0.1, -0.05) is 0 Å². The van der Waals surface area contributed by atoms with Gasteiger partial charge in [0.1, 0.15) is 84.7 Å². The lowest BCUT2D eigenvalue weighted by Crippen LogP contribution is -2.60. The molecule has 3 aliphatic heterocycles. The van der Waals surface area contributed by atoms with E-state index in [0.29, 0.717) is 5.56 Å². The summed E-state index contributed by atoms with van der Waals surface area (Å²) in [5, 5.41) is 94.4. The number of esters is 2. The Labute approximate surface area is 275 Å². The standard InChI is InChI=1S/C31H32O18/c32-12-3-1-11(2-4-12)28-18-7-14-16(45-28)5-13(33)6-17(14)46-30-26(40)25(39)23(37)20(49-30)10-44-29(42)15(34)8-21(35)43-9-19-22(36)24(38)27(41)31(47-18)48-19/h1-7,15,19-20,22-27,30-31,34,36-41H,8-10H2,(H-,32,33)/p+1. The van der Waals surface area contributed by atoms with E-state index in [9.17, 15) is 55.5 Å². The number of carbonyl (C=O) groups is 2. The molecule has 4 heterocycles. The first-order chi connectivity index (χ1) is 23.3. The van der Waals surface area contributed by atoms with Crippen molar-refractivity contribution in [2.24, 2.45) is 0 Å². The number of aliphatic hydroxyl groups excluding tert-OH is 7. The topological polar surface area (TPSA) is 283 Å². The van der Waals surface area contributed by atoms with Gasteiger partial charge in [0.2, 0.25) is 18.3 Å². The van der Waals surface area contributed by atoms with Gasteiger partial charge < -0.3 is 74.4 Å². The maximum atomic E-state index is 12.4. The molecule has 0 radical (unpaired) electrons. The van der Waals surface area contributed by atoms with E-state index in [1.807, 2.05) is 0 Å². The number of aliphatic hydroxyl groups is 7. The summed E-state index contributed by atoms with van der Waals surface area (Å²) >= 11 is 0. The molecule has 9 N–H and O–H groups in total. The maximum Gasteiger partial charge on any atom is 0.402 e. The van der Waals surface area contributed by atoms with Gasteiger partial charge in [-0.25, -0.2) is 9.21 Å². The number of rotatable bonds is 1. The lowest BCUT2D eigenvalue weighted by molar-refractivity contribution is -0.279. The average molecular weight is 694 g/mol. The molecule has 264 valence electrons. The van der Waals surface area contributed by atoms with Crippen LogP contribution in [0.25, 0.3) is 22.3 Å². The van der Waals surface area contributed by atoms with Crippen LogP contribution in [-0.4, -0.2) is 139 Å². The quantitative estimate of drug-likeness (QED) is 0.0985. The second-order valence-corrected chi connectivity index (χ2v) is 11.6. The van der Waals surface area contributed by atoms with Crippen molar-refractivity contribution in [2.45, 2.75) is 73.9 Å². The molecule has 18 nitrogen and oxygen atoms in total. The summed E-state index contributed by atoms with van der Waals surface area (Å²) in [6, 6.07) is 9.21. The summed E-state index contributed by atoms with van der Waals surface area (Å²) in [6.07, 6.45) is -20.7. The van der Waals surface area contributed by atoms with Crippen LogP contribution < -0.4 is 9.47 Å². The van der Waals surface area contributed by atoms with Crippen molar-refractivity contribution >= 4 is 22.9 Å². The molecule has 3 aliphatic rings. The van der Waals surface area contributed by atoms with Gasteiger partial charge in [0.15, 0.2) is 6.10 Å². The van der Waals surface area contributed by atoms with Crippen molar-refractivity contribution in [3.63, 3.8) is 0 Å². The number of aromatic hydroxyl groups is 2. The normalized spacial score (nSPS) is 34.3. The van der Waals surface area contributed by atoms with Crippen LogP contribution in [0.3, 0.4) is 0 Å². The molecule has 6 bridgehead atoms. The van der Waals surface area contributed by atoms with Crippen LogP contribution in [0.5, 0.6) is 23.0 Å². The Kier molecular flexibility index (Phi) is 9.76. The van der Waals surface area contributed by atoms with Crippen LogP contribution in [0.4, 0.5) is 0 Å². The number of ether oxygens (including phenoxy) is 6. The number of fused-ring (bicyclic) bond motifs is 5. The molecule has 0 aliphatic carbocycles. The van der Waals surface area contributed by atoms with Gasteiger partial charge in [0.25, 0.3) is 0 Å². The average Bonchev–Trinajstić information content (AvgIpc) is 3.07. The fraction of sp³-hybridized carbons (Fsp3) is 0.452. The summed E-state index contributed by atoms with van der Waals surface area (Å²) in [4.78, 5) is 24.8. The van der Waals surface area contributed by atoms with Gasteiger partial charge in [-0.3, -0.25) is 4.79 Å². The van der Waals surface area contributed by atoms with Gasteiger partial charge in [-0.05, 0) is 24.3 Å². The Morgan fingerprint density at radius 3 is 1.82 bits per heavy atom. The number of carbonyl (C=O) groups excluding carboxylic acids is 2. The Morgan fingerprint density at radius 1 is 0.633 bits per heavy atom. The van der Waals surface area contributed by atoms with Crippen molar-refractivity contribution in [1.82, 2.24) is 0 Å². The molecule has 11 atom stereocenters. The van der Waals surface area contributed by atoms with E-state index < -0.39 is 105 Å². The summed E-state index contributed by atoms with van der Waals surface area (Å²) in [5.74, 6) is -3.41. The van der Waals surface area contributed by atoms with Gasteiger partial charge in [-0.2, -0.15) is 0 Å². The number of cyclic esters (lactones) is 2. The molecule has 0 saturated carbocycles. The third kappa shape index (κ3) is 7.04. The zero-order valence-electron chi connectivity index (χ0n) is 25.2. The highest BCUT2D eigenvalue weighted by Gasteiger charge is 2.48. The van der Waals surface area contributed by atoms with Gasteiger partial charge in [0, 0.05) is 12.1 Å². The number of hydrogen-bond donors (Lipinski definition) is 9. The molecule has 1 aromatic heterocycles. The summed E-state index contributed by atoms with van der Waals surface area (Å²) in [6.45, 7) is -1.50. The van der Waals surface area contributed by atoms with Crippen molar-refractivity contribution in [2.75, 3.05) is 13.2 Å². The Bertz CT molecular complexity index is 1680. The Hall–Kier alpha value is -4.37. The van der Waals surface area contributed by atoms with Gasteiger partial charge in [-0.15, -0.1) is 0 Å². The fourth-order valence-corrected chi connectivity index (χ4v) is 5.46. The lowest BCUT2D eigenvalue weighted by Gasteiger charge is -2.40. The first-order valence-electron chi connectivity index (χ1n) is 15.0. The first kappa shape index (κ1) is 34.5. The second kappa shape index (κ2) is 13.9. The highest BCUT2D eigenvalue weighted by Crippen LogP contribution is 2.42. The third-order valence-corrected chi connectivity index (χ3v) is 8.18. The smallest absolute Gasteiger partial charge is 0.402 e. The molecule has 2 fully saturated rings. The van der Waals surface area contributed by atoms with E-state index in [0.717, 1.165) is 6.07 Å². The zero-order chi connectivity index (χ0) is 35.1. The molecule has 6 rings (SSSR count). The molecule has 3 aromatic rings. The highest BCUT2D eigenvalue weighted by atomic mass is 16.7. The molecule has 18 heteroatoms. The summed E-state index contributed by atoms with van der Waals surface area (Å²) in [5.41, 5.74) is 0.272. The predicted molar refractivity (Wildman–Crippen MR) is 157 cm³/mol. The zero-order valence-corrected chi connectivity index (χ0v) is 25.2. The van der Waals surface area contributed by atoms with Crippen LogP contribution in [0.1, 0.15) is 6.42 Å². The molecule has 0 amide bonds. The van der Waals surface area contributed by atoms with Crippen LogP contribution in [0.2, 0.25) is 0 Å². The monoisotopic (exact) mass is 693 g/mol. The molecular weight excluding hydrogens is 660 g/mol. The van der Waals surface area contributed by atoms with E-state index in [1.54, 1.807) is 0 Å². The second-order valence-electron chi connectivity index (χ2n) is 11.6. The Morgan fingerprint density at radius 2 is 1.20 bits per heavy atom. The minimum atomic E-state index is -2.06. The van der Waals surface area contributed by atoms with Crippen molar-refractivity contribution in [3.05, 3.63) is 42.5 Å². The molecule has 11 unspecified atom stereocenters. The molecular formula is C31H33O18+. The number of benzene rings is 2. The van der Waals surface area contributed by atoms with E-state index in [2.05, 4.69) is 0 Å². The largest absolute Gasteiger partial charge is 0.508 e. The van der Waals surface area contributed by atoms with Gasteiger partial charge in [0.05, 0.1) is 18.1 Å². The van der Waals surface area contributed by atoms with Crippen molar-refractivity contribution < 1.29 is 88.4 Å². The van der Waals surface area contributed by atoms with E-state index in [4.69, 9.17) is 32.8 Å². The maximum absolute atomic E-state index is 12.4. The summed E-state index contributed by atoms with van der Waals surface area (Å²) < 4.78 is 39.2. The van der Waals surface area contributed by atoms with E-state index >= 15 is 0 Å². The number of phenols is 2. The first-order valence-corrected chi connectivity index (χ1v) is 15.0. The number of hydrogen-bond acceptors (Lipinski definition) is 17. The van der Waals surface area contributed by atoms with Crippen molar-refractivity contribution in [3.8, 4) is 34.3 Å². The van der Waals surface area contributed by atoms with Crippen LogP contribution in [0.15, 0.2) is 46.9 Å².